The Hall–Kier alpha value is -3.63. The summed E-state index contributed by atoms with van der Waals surface area (Å²) in [4.78, 5) is 99.7. The largest absolute Gasteiger partial charge is 0.466 e. The summed E-state index contributed by atoms with van der Waals surface area (Å²) in [5, 5.41) is 0. The standard InChI is InChI=1S/2C19H34O4Si2.C19H36O2Si2.C16H30O2Si2.C16H28O2Si.C13H22O2Si/c2*1-24(2,3)11-9-22-18(20)16-14-7-8-15(13-14)17(16)19(21)23-10-12-25(4,5)6;1-19(2,10-11-23(6,7)14-22(3,4)5)21-18(20)17-13-15-8-9-16(17)12-15;1-19(2,3)10-9-18-16(17)14-11-12-7-8-13(14)15(12)20(4,5)6;1-16(2,8-9-19(3,4)5)18-15(17)14-11-12-6-7-13(14)10-12;1-16(2,3)7-6-15-13(14)12-9-10-4-5-11(12)8-10/h2*7-8,14-17H,9-13H2,1-6H3;8-9,15-17H,10-14H2,1-7H3;7-8,12-15H,9-11H2,1-6H3;6-7,12-14H,8-11H2,1-5H3;4-5,10-12H,6-9H2,1-3H3. The van der Waals surface area contributed by atoms with Crippen molar-refractivity contribution >= 4 is 128 Å². The van der Waals surface area contributed by atoms with Crippen LogP contribution in [-0.2, 0) is 76.3 Å². The number of hydrogen-bond donors (Lipinski definition) is 0. The molecule has 12 aliphatic carbocycles. The Morgan fingerprint density at radius 1 is 0.250 bits per heavy atom. The fourth-order valence-electron chi connectivity index (χ4n) is 21.4. The van der Waals surface area contributed by atoms with Crippen molar-refractivity contribution in [3.8, 4) is 0 Å². The lowest BCUT2D eigenvalue weighted by atomic mass is 9.83. The van der Waals surface area contributed by atoms with E-state index in [1.807, 2.05) is 0 Å². The van der Waals surface area contributed by atoms with Gasteiger partial charge >= 0.3 is 47.8 Å². The predicted octanol–water partition coefficient (Wildman–Crippen LogP) is 25.6. The van der Waals surface area contributed by atoms with Crippen molar-refractivity contribution in [2.75, 3.05) is 39.6 Å². The molecule has 0 aliphatic heterocycles. The maximum atomic E-state index is 12.6. The van der Waals surface area contributed by atoms with Gasteiger partial charge in [-0.25, -0.2) is 0 Å². The Balaban J connectivity index is 0.000000212. The highest BCUT2D eigenvalue weighted by Crippen LogP contribution is 2.57. The quantitative estimate of drug-likeness (QED) is 0.0245. The molecule has 128 heavy (non-hydrogen) atoms. The van der Waals surface area contributed by atoms with Crippen molar-refractivity contribution in [1.82, 2.24) is 0 Å². The van der Waals surface area contributed by atoms with Crippen LogP contribution in [0.15, 0.2) is 72.9 Å². The van der Waals surface area contributed by atoms with Crippen LogP contribution in [0, 0.1) is 118 Å². The molecule has 0 spiro atoms. The summed E-state index contributed by atoms with van der Waals surface area (Å²) in [7, 11) is -11.6. The first-order chi connectivity index (χ1) is 58.5. The fraction of sp³-hybridized carbons (Fsp3) is 0.804. The smallest absolute Gasteiger partial charge is 0.310 e. The number of fused-ring (bicyclic) bond motifs is 12. The first kappa shape index (κ1) is 111. The Morgan fingerprint density at radius 2 is 0.500 bits per heavy atom. The van der Waals surface area contributed by atoms with Gasteiger partial charge in [0.05, 0.1) is 87.0 Å². The molecule has 12 aliphatic rings. The van der Waals surface area contributed by atoms with Crippen LogP contribution in [0.5, 0.6) is 0 Å². The lowest BCUT2D eigenvalue weighted by Gasteiger charge is -2.34. The van der Waals surface area contributed by atoms with E-state index in [1.165, 1.54) is 24.2 Å². The minimum absolute atomic E-state index is 0.0393. The predicted molar refractivity (Wildman–Crippen MR) is 556 cm³/mol. The zero-order valence-electron chi connectivity index (χ0n) is 87.0. The van der Waals surface area contributed by atoms with Gasteiger partial charge in [-0.15, -0.1) is 0 Å². The van der Waals surface area contributed by atoms with Gasteiger partial charge in [-0.2, -0.15) is 0 Å². The van der Waals surface area contributed by atoms with Gasteiger partial charge in [-0.3, -0.25) is 38.4 Å². The Labute approximate surface area is 788 Å². The van der Waals surface area contributed by atoms with Gasteiger partial charge in [0.1, 0.15) is 11.2 Å². The highest BCUT2D eigenvalue weighted by molar-refractivity contribution is 6.94. The average Bonchev–Trinajstić information content (AvgIpc) is 1.55. The van der Waals surface area contributed by atoms with Crippen LogP contribution in [-0.4, -0.2) is 179 Å². The second-order valence-electron chi connectivity index (χ2n) is 53.7. The molecule has 0 N–H and O–H groups in total. The summed E-state index contributed by atoms with van der Waals surface area (Å²) in [6.45, 7) is 79.4. The second kappa shape index (κ2) is 45.6. The maximum absolute atomic E-state index is 12.6. The summed E-state index contributed by atoms with van der Waals surface area (Å²) < 4.78 is 45.0. The summed E-state index contributed by atoms with van der Waals surface area (Å²) in [5.74, 6) is 3.48. The van der Waals surface area contributed by atoms with Gasteiger partial charge in [0, 0.05) is 80.7 Å². The van der Waals surface area contributed by atoms with E-state index in [-0.39, 0.29) is 130 Å². The zero-order valence-corrected chi connectivity index (χ0v) is 97.0. The highest BCUT2D eigenvalue weighted by Gasteiger charge is 2.57. The van der Waals surface area contributed by atoms with E-state index in [1.54, 1.807) is 0 Å². The lowest BCUT2D eigenvalue weighted by Crippen LogP contribution is -2.40. The molecule has 0 aromatic carbocycles. The minimum Gasteiger partial charge on any atom is -0.466 e. The van der Waals surface area contributed by atoms with E-state index in [4.69, 9.17) is 37.9 Å². The van der Waals surface area contributed by atoms with Gasteiger partial charge < -0.3 is 37.9 Å². The molecule has 6 saturated carbocycles. The molecule has 0 aromatic rings. The number of carbonyl (C=O) groups excluding carboxylic acids is 8. The number of hydrogen-bond acceptors (Lipinski definition) is 16. The van der Waals surface area contributed by atoms with Gasteiger partial charge in [0.15, 0.2) is 0 Å². The van der Waals surface area contributed by atoms with E-state index < -0.39 is 80.7 Å². The topological polar surface area (TPSA) is 210 Å². The molecule has 21 unspecified atom stereocenters. The highest BCUT2D eigenvalue weighted by atomic mass is 28.4. The summed E-state index contributed by atoms with van der Waals surface area (Å²) in [6.07, 6.45) is 37.8. The van der Waals surface area contributed by atoms with Gasteiger partial charge in [0.25, 0.3) is 0 Å². The van der Waals surface area contributed by atoms with E-state index in [0.29, 0.717) is 87.0 Å². The Bertz CT molecular complexity index is 3700. The van der Waals surface area contributed by atoms with Crippen molar-refractivity contribution in [3.05, 3.63) is 72.9 Å². The molecule has 0 aromatic heterocycles. The third-order valence-corrected chi connectivity index (χ3v) is 53.2. The van der Waals surface area contributed by atoms with Crippen LogP contribution in [0.2, 0.25) is 249 Å². The first-order valence-electron chi connectivity index (χ1n) is 50.1. The Kier molecular flexibility index (Phi) is 39.6. The number of esters is 8. The van der Waals surface area contributed by atoms with Crippen molar-refractivity contribution < 1.29 is 76.3 Å². The molecule has 0 saturated heterocycles. The van der Waals surface area contributed by atoms with Crippen LogP contribution >= 0.6 is 0 Å². The van der Waals surface area contributed by atoms with Crippen LogP contribution in [0.4, 0.5) is 0 Å². The molecule has 16 nitrogen and oxygen atoms in total. The molecular formula is C102H184O16Si10. The SMILES string of the molecule is CC(C)(CC[Si](C)(C)C)OC(=O)C1CC2C=CC1C2.CC(C)(CC[Si](C)(C)C[Si](C)(C)C)OC(=O)C1CC2C=CC1C2.C[Si](C)(C)CCOC(=O)C1C2C=CC(C2)C1C(=O)OCC[Si](C)(C)C.C[Si](C)(C)CCOC(=O)C1C2C=CC(C2)C1C(=O)OCC[Si](C)(C)C.C[Si](C)(C)CCOC(=O)C1CC2C=CC1C2.C[Si](C)(C)CCOC(=O)C1CC2C=CC1C2[Si](C)(C)C. The molecule has 6 fully saturated rings. The van der Waals surface area contributed by atoms with E-state index in [0.717, 1.165) is 106 Å². The van der Waals surface area contributed by atoms with Crippen molar-refractivity contribution in [3.63, 3.8) is 0 Å². The van der Waals surface area contributed by atoms with Gasteiger partial charge in [-0.1, -0.05) is 281 Å². The molecule has 26 heteroatoms. The van der Waals surface area contributed by atoms with Crippen molar-refractivity contribution in [2.24, 2.45) is 118 Å². The van der Waals surface area contributed by atoms with Crippen LogP contribution in [0.1, 0.15) is 98.3 Å². The summed E-state index contributed by atoms with van der Waals surface area (Å²) in [5.41, 5.74) is 1.59. The molecule has 12 rings (SSSR count). The molecule has 728 valence electrons. The third kappa shape index (κ3) is 37.1. The van der Waals surface area contributed by atoms with Gasteiger partial charge in [0.2, 0.25) is 0 Å². The summed E-state index contributed by atoms with van der Waals surface area (Å²) in [6, 6.07) is 8.46. The zero-order chi connectivity index (χ0) is 96.3. The molecule has 12 bridgehead atoms. The lowest BCUT2D eigenvalue weighted by molar-refractivity contribution is -0.163. The average molecular weight is 1950 g/mol. The first-order valence-corrected chi connectivity index (χ1v) is 86.7. The van der Waals surface area contributed by atoms with E-state index in [2.05, 4.69) is 290 Å². The summed E-state index contributed by atoms with van der Waals surface area (Å²) >= 11 is 0. The normalized spacial score (nSPS) is 29.5. The monoisotopic (exact) mass is 1950 g/mol. The Morgan fingerprint density at radius 3 is 0.742 bits per heavy atom. The van der Waals surface area contributed by atoms with Gasteiger partial charge in [-0.05, 0) is 211 Å². The van der Waals surface area contributed by atoms with Crippen molar-refractivity contribution in [2.45, 2.75) is 359 Å². The second-order valence-corrected chi connectivity index (χ2v) is 110. The molecular weight excluding hydrogens is 1760 g/mol. The number of rotatable bonds is 37. The molecule has 0 amide bonds. The number of ether oxygens (including phenoxy) is 8. The number of allylic oxidation sites excluding steroid dienone is 12. The van der Waals surface area contributed by atoms with E-state index in [9.17, 15) is 38.4 Å². The fourth-order valence-corrected chi connectivity index (χ4v) is 43.5. The van der Waals surface area contributed by atoms with Crippen LogP contribution in [0.3, 0.4) is 0 Å². The van der Waals surface area contributed by atoms with Crippen LogP contribution < -0.4 is 0 Å². The number of carbonyl (C=O) groups is 8. The van der Waals surface area contributed by atoms with E-state index >= 15 is 0 Å². The van der Waals surface area contributed by atoms with Crippen LogP contribution in [0.25, 0.3) is 0 Å². The third-order valence-electron chi connectivity index (χ3n) is 28.7. The minimum atomic E-state index is -1.23. The maximum Gasteiger partial charge on any atom is 0.310 e. The molecule has 0 heterocycles. The molecule has 21 atom stereocenters. The van der Waals surface area contributed by atoms with Crippen molar-refractivity contribution in [1.29, 1.82) is 0 Å². The molecule has 0 radical (unpaired) electrons.